The van der Waals surface area contributed by atoms with Crippen molar-refractivity contribution in [2.75, 3.05) is 70.2 Å². The largest absolute Gasteiger partial charge is 0.494 e. The summed E-state index contributed by atoms with van der Waals surface area (Å²) in [4.78, 5) is 26.6. The van der Waals surface area contributed by atoms with Crippen LogP contribution in [0.2, 0.25) is 0 Å². The second-order valence-electron chi connectivity index (χ2n) is 9.43. The number of carbonyl (C=O) groups excluding carboxylic acids is 1. The maximum Gasteiger partial charge on any atom is 0.264 e. The van der Waals surface area contributed by atoms with Gasteiger partial charge < -0.3 is 29.7 Å². The lowest BCUT2D eigenvalue weighted by Crippen LogP contribution is -2.29. The van der Waals surface area contributed by atoms with Crippen molar-refractivity contribution in [2.24, 2.45) is 7.05 Å². The van der Waals surface area contributed by atoms with Crippen LogP contribution in [0.5, 0.6) is 5.75 Å². The van der Waals surface area contributed by atoms with E-state index in [-0.39, 0.29) is 5.91 Å². The first-order valence-corrected chi connectivity index (χ1v) is 13.8. The molecule has 0 saturated carbocycles. The molecule has 4 aromatic rings. The zero-order valence-electron chi connectivity index (χ0n) is 23.5. The van der Waals surface area contributed by atoms with Gasteiger partial charge in [0.15, 0.2) is 0 Å². The molecule has 2 aromatic carbocycles. The minimum atomic E-state index is -0.253. The monoisotopic (exact) mass is 548 g/mol. The molecule has 0 aliphatic heterocycles. The summed E-state index contributed by atoms with van der Waals surface area (Å²) in [5.74, 6) is 0.755. The van der Waals surface area contributed by atoms with Crippen molar-refractivity contribution in [1.29, 1.82) is 0 Å². The van der Waals surface area contributed by atoms with E-state index >= 15 is 0 Å². The van der Waals surface area contributed by atoms with Crippen LogP contribution in [0.25, 0.3) is 22.2 Å². The van der Waals surface area contributed by atoms with Crippen LogP contribution in [0, 0.1) is 0 Å². The van der Waals surface area contributed by atoms with Crippen LogP contribution >= 0.6 is 11.9 Å². The van der Waals surface area contributed by atoms with Gasteiger partial charge in [0.05, 0.1) is 35.4 Å². The minimum absolute atomic E-state index is 0.253. The highest BCUT2D eigenvalue weighted by atomic mass is 32.2. The molecule has 0 radical (unpaired) electrons. The molecule has 2 heterocycles. The lowest BCUT2D eigenvalue weighted by atomic mass is 10.1. The number of methoxy groups -OCH3 is 1. The zero-order chi connectivity index (χ0) is 28.1. The fourth-order valence-electron chi connectivity index (χ4n) is 4.43. The molecule has 11 heteroatoms. The molecule has 2 aromatic heterocycles. The number of likely N-dealkylation sites (N-methyl/N-ethyl adjacent to an activating group) is 2. The van der Waals surface area contributed by atoms with Gasteiger partial charge in [-0.15, -0.1) is 0 Å². The first-order chi connectivity index (χ1) is 18.8. The van der Waals surface area contributed by atoms with Gasteiger partial charge in [0.1, 0.15) is 5.75 Å². The predicted molar refractivity (Wildman–Crippen MR) is 163 cm³/mol. The molecule has 0 aliphatic rings. The number of aryl methyl sites for hydroxylation is 1. The van der Waals surface area contributed by atoms with E-state index in [4.69, 9.17) is 9.72 Å². The van der Waals surface area contributed by atoms with Gasteiger partial charge in [-0.2, -0.15) is 0 Å². The highest BCUT2D eigenvalue weighted by Gasteiger charge is 2.21. The van der Waals surface area contributed by atoms with E-state index in [1.54, 1.807) is 19.6 Å². The van der Waals surface area contributed by atoms with E-state index in [2.05, 4.69) is 51.3 Å². The fourth-order valence-corrected chi connectivity index (χ4v) is 4.73. The number of hydrogen-bond acceptors (Lipinski definition) is 9. The van der Waals surface area contributed by atoms with Gasteiger partial charge in [-0.05, 0) is 26.2 Å². The third-order valence-corrected chi connectivity index (χ3v) is 6.90. The molecule has 1 amide bonds. The standard InChI is InChI=1S/C28H36N8O2S/c1-29-21-14-22(25(38-6)15-24(21)35(4)13-12-34(2)3)31-28-30-16-19(27(37)33-39-7)26(32-28)20-17-36(5)23-11-9-8-10-18(20)23/h8-11,14-17,29H,12-13H2,1-7H3,(H,33,37)(H,30,31,32). The quantitative estimate of drug-likeness (QED) is 0.235. The van der Waals surface area contributed by atoms with Gasteiger partial charge in [0.2, 0.25) is 5.95 Å². The van der Waals surface area contributed by atoms with Crippen LogP contribution in [0.15, 0.2) is 48.8 Å². The Balaban J connectivity index is 1.77. The van der Waals surface area contributed by atoms with E-state index < -0.39 is 0 Å². The van der Waals surface area contributed by atoms with E-state index in [0.717, 1.165) is 40.9 Å². The number of rotatable bonds is 11. The van der Waals surface area contributed by atoms with Crippen LogP contribution in [0.3, 0.4) is 0 Å². The molecule has 0 aliphatic carbocycles. The third kappa shape index (κ3) is 6.04. The van der Waals surface area contributed by atoms with Crippen LogP contribution in [0.1, 0.15) is 10.4 Å². The Bertz CT molecular complexity index is 1470. The third-order valence-electron chi connectivity index (χ3n) is 6.51. The lowest BCUT2D eigenvalue weighted by Gasteiger charge is -2.25. The number of amides is 1. The van der Waals surface area contributed by atoms with Gasteiger partial charge in [0, 0.05) is 75.4 Å². The summed E-state index contributed by atoms with van der Waals surface area (Å²) < 4.78 is 10.6. The average Bonchev–Trinajstić information content (AvgIpc) is 3.27. The molecule has 10 nitrogen and oxygen atoms in total. The van der Waals surface area contributed by atoms with Crippen LogP contribution in [-0.2, 0) is 7.05 Å². The SMILES string of the molecule is CNc1cc(Nc2ncc(C(=O)NSC)c(-c3cn(C)c4ccccc34)n2)c(OC)cc1N(C)CCN(C)C. The molecule has 0 atom stereocenters. The fraction of sp³-hybridized carbons (Fsp3) is 0.321. The summed E-state index contributed by atoms with van der Waals surface area (Å²) >= 11 is 1.24. The van der Waals surface area contributed by atoms with Crippen molar-refractivity contribution in [3.8, 4) is 17.0 Å². The van der Waals surface area contributed by atoms with Crippen LogP contribution in [-0.4, -0.2) is 80.0 Å². The number of carbonyl (C=O) groups is 1. The number of aromatic nitrogens is 3. The Labute approximate surface area is 233 Å². The number of fused-ring (bicyclic) bond motifs is 1. The van der Waals surface area contributed by atoms with Crippen molar-refractivity contribution in [1.82, 2.24) is 24.2 Å². The Morgan fingerprint density at radius 3 is 2.59 bits per heavy atom. The average molecular weight is 549 g/mol. The maximum absolute atomic E-state index is 13.0. The molecule has 0 bridgehead atoms. The van der Waals surface area contributed by atoms with Crippen molar-refractivity contribution in [3.05, 3.63) is 54.4 Å². The number of anilines is 4. The highest BCUT2D eigenvalue weighted by molar-refractivity contribution is 7.97. The summed E-state index contributed by atoms with van der Waals surface area (Å²) in [7, 11) is 11.7. The van der Waals surface area contributed by atoms with Crippen molar-refractivity contribution >= 4 is 51.8 Å². The normalized spacial score (nSPS) is 11.1. The molecule has 3 N–H and O–H groups in total. The van der Waals surface area contributed by atoms with Crippen molar-refractivity contribution < 1.29 is 9.53 Å². The molecule has 0 fully saturated rings. The van der Waals surface area contributed by atoms with Crippen LogP contribution in [0.4, 0.5) is 23.0 Å². The number of nitrogens with one attached hydrogen (secondary N) is 3. The van der Waals surface area contributed by atoms with E-state index in [1.165, 1.54) is 11.9 Å². The van der Waals surface area contributed by atoms with E-state index in [9.17, 15) is 4.79 Å². The van der Waals surface area contributed by atoms with Crippen LogP contribution < -0.4 is 25.0 Å². The second kappa shape index (κ2) is 12.3. The number of para-hydroxylation sites is 1. The number of nitrogens with zero attached hydrogens (tertiary/aromatic N) is 5. The minimum Gasteiger partial charge on any atom is -0.494 e. The maximum atomic E-state index is 13.0. The Kier molecular flexibility index (Phi) is 8.82. The van der Waals surface area contributed by atoms with Gasteiger partial charge in [0.25, 0.3) is 5.91 Å². The molecule has 4 rings (SSSR count). The summed E-state index contributed by atoms with van der Waals surface area (Å²) in [6.07, 6.45) is 5.36. The number of benzene rings is 2. The molecule has 0 unspecified atom stereocenters. The van der Waals surface area contributed by atoms with Crippen molar-refractivity contribution in [3.63, 3.8) is 0 Å². The molecular formula is C28H36N8O2S. The Morgan fingerprint density at radius 1 is 1.13 bits per heavy atom. The summed E-state index contributed by atoms with van der Waals surface area (Å²) in [5.41, 5.74) is 5.50. The molecule has 0 spiro atoms. The Hall–Kier alpha value is -3.96. The Morgan fingerprint density at radius 2 is 1.90 bits per heavy atom. The van der Waals surface area contributed by atoms with Gasteiger partial charge >= 0.3 is 0 Å². The topological polar surface area (TPSA) is 99.6 Å². The zero-order valence-corrected chi connectivity index (χ0v) is 24.3. The summed E-state index contributed by atoms with van der Waals surface area (Å²) in [5, 5.41) is 7.61. The second-order valence-corrected chi connectivity index (χ2v) is 10.0. The number of ether oxygens (including phenoxy) is 1. The lowest BCUT2D eigenvalue weighted by molar-refractivity contribution is 0.0984. The molecule has 206 valence electrons. The van der Waals surface area contributed by atoms with E-state index in [0.29, 0.717) is 28.6 Å². The predicted octanol–water partition coefficient (Wildman–Crippen LogP) is 4.43. The smallest absolute Gasteiger partial charge is 0.264 e. The van der Waals surface area contributed by atoms with Gasteiger partial charge in [-0.1, -0.05) is 30.1 Å². The first-order valence-electron chi connectivity index (χ1n) is 12.5. The van der Waals surface area contributed by atoms with Crippen molar-refractivity contribution in [2.45, 2.75) is 0 Å². The summed E-state index contributed by atoms with van der Waals surface area (Å²) in [6.45, 7) is 1.78. The van der Waals surface area contributed by atoms with E-state index in [1.807, 2.05) is 61.3 Å². The summed E-state index contributed by atoms with van der Waals surface area (Å²) in [6, 6.07) is 12.0. The molecule has 0 saturated heterocycles. The molecule has 39 heavy (non-hydrogen) atoms. The number of hydrogen-bond donors (Lipinski definition) is 3. The first kappa shape index (κ1) is 28.1. The molecular weight excluding hydrogens is 512 g/mol. The highest BCUT2D eigenvalue weighted by Crippen LogP contribution is 2.38. The van der Waals surface area contributed by atoms with Gasteiger partial charge in [-0.25, -0.2) is 9.97 Å². The van der Waals surface area contributed by atoms with Gasteiger partial charge in [-0.3, -0.25) is 9.52 Å².